The molecule has 1 atom stereocenters. The lowest BCUT2D eigenvalue weighted by molar-refractivity contribution is 0.568. The molecule has 46 heavy (non-hydrogen) atoms. The van der Waals surface area contributed by atoms with E-state index in [9.17, 15) is 0 Å². The lowest BCUT2D eigenvalue weighted by atomic mass is 9.73. The highest BCUT2D eigenvalue weighted by molar-refractivity contribution is 5.93. The molecule has 3 aromatic carbocycles. The highest BCUT2D eigenvalue weighted by atomic mass is 14.5. The summed E-state index contributed by atoms with van der Waals surface area (Å²) < 4.78 is 0. The third-order valence-electron chi connectivity index (χ3n) is 13.1. The number of benzene rings is 3. The van der Waals surface area contributed by atoms with Gasteiger partial charge < -0.3 is 0 Å². The average Bonchev–Trinajstić information content (AvgIpc) is 3.46. The predicted molar refractivity (Wildman–Crippen MR) is 195 cm³/mol. The third kappa shape index (κ3) is 3.57. The number of fused-ring (bicyclic) bond motifs is 3. The molecule has 0 heteroatoms. The van der Waals surface area contributed by atoms with Crippen molar-refractivity contribution in [1.82, 2.24) is 0 Å². The van der Waals surface area contributed by atoms with Crippen molar-refractivity contribution in [1.29, 1.82) is 0 Å². The Bertz CT molecular complexity index is 2260. The smallest absolute Gasteiger partial charge is 0.0155 e. The SMILES string of the molecule is CC1(C)C2=C(CCC(C3=CC4=C(CC3)c3ccccc3C4(C)C)=C2)C2=C1C=C(c1ccc3ccc4c5c3c1=CCC5CCC=4)CC2. The maximum atomic E-state index is 2.65. The summed E-state index contributed by atoms with van der Waals surface area (Å²) in [5.74, 6) is 0.698. The van der Waals surface area contributed by atoms with E-state index >= 15 is 0 Å². The topological polar surface area (TPSA) is 0 Å². The molecule has 1 unspecified atom stereocenters. The quantitative estimate of drug-likeness (QED) is 0.276. The van der Waals surface area contributed by atoms with Crippen LogP contribution in [-0.2, 0) is 5.41 Å². The van der Waals surface area contributed by atoms with Gasteiger partial charge in [-0.2, -0.15) is 0 Å². The van der Waals surface area contributed by atoms with Gasteiger partial charge in [0.05, 0.1) is 0 Å². The molecule has 0 saturated heterocycles. The van der Waals surface area contributed by atoms with Crippen LogP contribution in [0.1, 0.15) is 114 Å². The second kappa shape index (κ2) is 9.34. The second-order valence-corrected chi connectivity index (χ2v) is 16.1. The summed E-state index contributed by atoms with van der Waals surface area (Å²) in [6, 6.07) is 18.7. The minimum atomic E-state index is 0.0432. The number of rotatable bonds is 2. The summed E-state index contributed by atoms with van der Waals surface area (Å²) in [7, 11) is 0. The van der Waals surface area contributed by atoms with Crippen molar-refractivity contribution >= 4 is 34.1 Å². The van der Waals surface area contributed by atoms with Crippen LogP contribution in [0.5, 0.6) is 0 Å². The minimum absolute atomic E-state index is 0.0432. The highest BCUT2D eigenvalue weighted by Crippen LogP contribution is 2.57. The summed E-state index contributed by atoms with van der Waals surface area (Å²) >= 11 is 0. The van der Waals surface area contributed by atoms with E-state index in [1.807, 2.05) is 0 Å². The second-order valence-electron chi connectivity index (χ2n) is 16.1. The molecule has 7 aliphatic rings. The van der Waals surface area contributed by atoms with Crippen molar-refractivity contribution in [2.75, 3.05) is 0 Å². The summed E-state index contributed by atoms with van der Waals surface area (Å²) in [5.41, 5.74) is 20.7. The fourth-order valence-corrected chi connectivity index (χ4v) is 10.7. The van der Waals surface area contributed by atoms with Gasteiger partial charge in [0.1, 0.15) is 0 Å². The van der Waals surface area contributed by atoms with Crippen molar-refractivity contribution < 1.29 is 0 Å². The lowest BCUT2D eigenvalue weighted by Crippen LogP contribution is -2.26. The molecule has 0 aromatic heterocycles. The van der Waals surface area contributed by atoms with Gasteiger partial charge >= 0.3 is 0 Å². The molecule has 0 aliphatic heterocycles. The van der Waals surface area contributed by atoms with Crippen molar-refractivity contribution in [2.45, 2.75) is 96.8 Å². The molecule has 0 saturated carbocycles. The molecule has 0 N–H and O–H groups in total. The van der Waals surface area contributed by atoms with Crippen LogP contribution in [0.3, 0.4) is 0 Å². The normalized spacial score (nSPS) is 24.8. The molecular weight excluding hydrogens is 553 g/mol. The van der Waals surface area contributed by atoms with E-state index in [1.54, 1.807) is 61.1 Å². The first-order valence-electron chi connectivity index (χ1n) is 18.0. The van der Waals surface area contributed by atoms with Crippen LogP contribution in [0.15, 0.2) is 106 Å². The van der Waals surface area contributed by atoms with E-state index in [0.717, 1.165) is 6.42 Å². The third-order valence-corrected chi connectivity index (χ3v) is 13.1. The Kier molecular flexibility index (Phi) is 5.53. The maximum Gasteiger partial charge on any atom is 0.0155 e. The molecule has 0 bridgehead atoms. The van der Waals surface area contributed by atoms with Gasteiger partial charge in [0.25, 0.3) is 0 Å². The minimum Gasteiger partial charge on any atom is -0.0769 e. The Balaban J connectivity index is 1.03. The maximum absolute atomic E-state index is 2.65. The monoisotopic (exact) mass is 596 g/mol. The molecule has 0 nitrogen and oxygen atoms in total. The van der Waals surface area contributed by atoms with E-state index in [2.05, 4.69) is 107 Å². The standard InChI is InChI=1S/C46H44/c1-45(2)39-11-6-5-10-34(39)35-20-16-30(24-40(35)45)31-17-21-36-37-22-18-32(26-42(37)46(3,4)41(36)25-31)33-19-14-29-13-12-27-8-7-9-28-15-23-38(33)44(29)43(27)28/h5-6,8,10-14,19,23-26,28H,7,9,15-18,20-22H2,1-4H3. The van der Waals surface area contributed by atoms with Crippen molar-refractivity contribution in [3.05, 3.63) is 138 Å². The first kappa shape index (κ1) is 27.2. The molecule has 7 aliphatic carbocycles. The van der Waals surface area contributed by atoms with Crippen LogP contribution >= 0.6 is 0 Å². The fourth-order valence-electron chi connectivity index (χ4n) is 10.7. The van der Waals surface area contributed by atoms with E-state index < -0.39 is 0 Å². The van der Waals surface area contributed by atoms with Crippen LogP contribution in [0.25, 0.3) is 34.1 Å². The molecular formula is C46H44. The number of allylic oxidation sites excluding steroid dienone is 12. The van der Waals surface area contributed by atoms with Gasteiger partial charge in [0.2, 0.25) is 0 Å². The van der Waals surface area contributed by atoms with Crippen molar-refractivity contribution in [2.24, 2.45) is 5.41 Å². The first-order valence-corrected chi connectivity index (χ1v) is 18.0. The van der Waals surface area contributed by atoms with E-state index in [1.165, 1.54) is 83.9 Å². The Labute approximate surface area is 274 Å². The van der Waals surface area contributed by atoms with Crippen LogP contribution in [0.2, 0.25) is 0 Å². The highest BCUT2D eigenvalue weighted by Gasteiger charge is 2.42. The lowest BCUT2D eigenvalue weighted by Gasteiger charge is -2.30. The molecule has 0 amide bonds. The van der Waals surface area contributed by atoms with Gasteiger partial charge in [0, 0.05) is 10.8 Å². The van der Waals surface area contributed by atoms with Crippen molar-refractivity contribution in [3.8, 4) is 0 Å². The zero-order valence-corrected chi connectivity index (χ0v) is 27.9. The van der Waals surface area contributed by atoms with Gasteiger partial charge in [-0.25, -0.2) is 0 Å². The Morgan fingerprint density at radius 2 is 1.24 bits per heavy atom. The van der Waals surface area contributed by atoms with Gasteiger partial charge in [-0.15, -0.1) is 0 Å². The molecule has 0 spiro atoms. The van der Waals surface area contributed by atoms with Gasteiger partial charge in [-0.3, -0.25) is 0 Å². The van der Waals surface area contributed by atoms with Crippen LogP contribution in [-0.4, -0.2) is 0 Å². The fraction of sp³-hybridized carbons (Fsp3) is 0.348. The largest absolute Gasteiger partial charge is 0.0769 e. The van der Waals surface area contributed by atoms with Gasteiger partial charge in [-0.05, 0) is 157 Å². The van der Waals surface area contributed by atoms with Gasteiger partial charge in [0.15, 0.2) is 0 Å². The molecule has 10 rings (SSSR count). The number of hydrogen-bond acceptors (Lipinski definition) is 0. The average molecular weight is 597 g/mol. The summed E-state index contributed by atoms with van der Waals surface area (Å²) in [6.07, 6.45) is 23.7. The zero-order chi connectivity index (χ0) is 30.9. The molecule has 3 aromatic rings. The van der Waals surface area contributed by atoms with Crippen LogP contribution in [0.4, 0.5) is 0 Å². The van der Waals surface area contributed by atoms with E-state index in [-0.39, 0.29) is 10.8 Å². The molecule has 228 valence electrons. The Morgan fingerprint density at radius 3 is 2.02 bits per heavy atom. The summed E-state index contributed by atoms with van der Waals surface area (Å²) in [6.45, 7) is 9.86. The number of hydrogen-bond donors (Lipinski definition) is 0. The van der Waals surface area contributed by atoms with E-state index in [4.69, 9.17) is 0 Å². The van der Waals surface area contributed by atoms with Crippen LogP contribution in [0, 0.1) is 5.41 Å². The van der Waals surface area contributed by atoms with Gasteiger partial charge in [-0.1, -0.05) is 107 Å². The van der Waals surface area contributed by atoms with Crippen molar-refractivity contribution in [3.63, 3.8) is 0 Å². The summed E-state index contributed by atoms with van der Waals surface area (Å²) in [5, 5.41) is 5.98. The van der Waals surface area contributed by atoms with E-state index in [0.29, 0.717) is 5.92 Å². The zero-order valence-electron chi connectivity index (χ0n) is 27.9. The summed E-state index contributed by atoms with van der Waals surface area (Å²) in [4.78, 5) is 0. The first-order chi connectivity index (χ1) is 22.3. The molecule has 0 fully saturated rings. The Morgan fingerprint density at radius 1 is 0.587 bits per heavy atom. The molecule has 0 radical (unpaired) electrons. The Hall–Kier alpha value is -3.90. The van der Waals surface area contributed by atoms with Crippen LogP contribution < -0.4 is 10.4 Å². The molecule has 0 heterocycles. The predicted octanol–water partition coefficient (Wildman–Crippen LogP) is 10.7.